The second-order valence-corrected chi connectivity index (χ2v) is 6.93. The molecule has 1 heterocycles. The number of carbonyl (C=O) groups is 4. The van der Waals surface area contributed by atoms with Crippen LogP contribution in [0.5, 0.6) is 0 Å². The van der Waals surface area contributed by atoms with Crippen molar-refractivity contribution in [3.8, 4) is 0 Å². The van der Waals surface area contributed by atoms with Crippen molar-refractivity contribution in [2.45, 2.75) is 6.54 Å². The summed E-state index contributed by atoms with van der Waals surface area (Å²) in [5.74, 6) is -2.38. The molecule has 0 bridgehead atoms. The van der Waals surface area contributed by atoms with Gasteiger partial charge in [0.2, 0.25) is 6.41 Å². The maximum atomic E-state index is 12.2. The molecular weight excluding hydrogens is 364 g/mol. The third-order valence-electron chi connectivity index (χ3n) is 3.34. The molecule has 0 atom stereocenters. The summed E-state index contributed by atoms with van der Waals surface area (Å²) in [5.41, 5.74) is 0.841. The van der Waals surface area contributed by atoms with E-state index >= 15 is 0 Å². The predicted molar refractivity (Wildman–Crippen MR) is 94.4 cm³/mol. The fourth-order valence-corrected chi connectivity index (χ4v) is 3.04. The molecular formula is C17H15ClN2O4S. The zero-order valence-corrected chi connectivity index (χ0v) is 14.9. The summed E-state index contributed by atoms with van der Waals surface area (Å²) in [6.07, 6.45) is 0.184. The number of imide groups is 1. The highest BCUT2D eigenvalue weighted by Gasteiger charge is 2.27. The normalized spacial score (nSPS) is 10.2. The quantitative estimate of drug-likeness (QED) is 0.439. The highest BCUT2D eigenvalue weighted by molar-refractivity contribution is 7.18. The minimum absolute atomic E-state index is 0.184. The molecule has 25 heavy (non-hydrogen) atoms. The highest BCUT2D eigenvalue weighted by Crippen LogP contribution is 2.21. The molecule has 0 aliphatic carbocycles. The van der Waals surface area contributed by atoms with Gasteiger partial charge in [0.25, 0.3) is 0 Å². The highest BCUT2D eigenvalue weighted by atomic mass is 35.5. The predicted octanol–water partition coefficient (Wildman–Crippen LogP) is 2.23. The number of ketones is 1. The van der Waals surface area contributed by atoms with Gasteiger partial charge in [-0.25, -0.2) is 0 Å². The van der Waals surface area contributed by atoms with Crippen molar-refractivity contribution < 1.29 is 19.2 Å². The van der Waals surface area contributed by atoms with Crippen molar-refractivity contribution in [3.63, 3.8) is 0 Å². The van der Waals surface area contributed by atoms with Crippen LogP contribution in [0.15, 0.2) is 42.5 Å². The summed E-state index contributed by atoms with van der Waals surface area (Å²) < 4.78 is 0.422. The second kappa shape index (κ2) is 8.55. The molecule has 0 saturated carbocycles. The van der Waals surface area contributed by atoms with E-state index in [-0.39, 0.29) is 13.0 Å². The summed E-state index contributed by atoms with van der Waals surface area (Å²) in [6, 6.07) is 12.2. The molecule has 1 aromatic carbocycles. The van der Waals surface area contributed by atoms with Gasteiger partial charge >= 0.3 is 11.8 Å². The number of hydrogen-bond donors (Lipinski definition) is 0. The fourth-order valence-electron chi connectivity index (χ4n) is 2.07. The molecule has 0 unspecified atom stereocenters. The van der Waals surface area contributed by atoms with E-state index in [4.69, 9.17) is 11.6 Å². The lowest BCUT2D eigenvalue weighted by Gasteiger charge is -2.20. The lowest BCUT2D eigenvalue weighted by Crippen LogP contribution is -2.44. The molecule has 0 spiro atoms. The monoisotopic (exact) mass is 378 g/mol. The summed E-state index contributed by atoms with van der Waals surface area (Å²) in [4.78, 5) is 49.8. The van der Waals surface area contributed by atoms with Crippen LogP contribution < -0.4 is 0 Å². The van der Waals surface area contributed by atoms with Crippen molar-refractivity contribution in [2.75, 3.05) is 13.6 Å². The van der Waals surface area contributed by atoms with E-state index in [0.29, 0.717) is 14.1 Å². The Kier molecular flexibility index (Phi) is 6.44. The summed E-state index contributed by atoms with van der Waals surface area (Å²) >= 11 is 6.81. The van der Waals surface area contributed by atoms with Crippen LogP contribution in [0.25, 0.3) is 0 Å². The molecule has 0 N–H and O–H groups in total. The largest absolute Gasteiger partial charge is 0.333 e. The van der Waals surface area contributed by atoms with E-state index in [1.54, 1.807) is 6.07 Å². The van der Waals surface area contributed by atoms with Gasteiger partial charge in [0.05, 0.1) is 15.8 Å². The van der Waals surface area contributed by atoms with Crippen molar-refractivity contribution in [1.82, 2.24) is 9.80 Å². The van der Waals surface area contributed by atoms with Crippen LogP contribution in [0.2, 0.25) is 4.34 Å². The van der Waals surface area contributed by atoms with Gasteiger partial charge in [-0.2, -0.15) is 0 Å². The smallest absolute Gasteiger partial charge is 0.318 e. The van der Waals surface area contributed by atoms with Crippen LogP contribution in [-0.4, -0.2) is 47.4 Å². The Labute approximate surface area is 153 Å². The average Bonchev–Trinajstić information content (AvgIpc) is 3.05. The van der Waals surface area contributed by atoms with Crippen molar-refractivity contribution in [2.24, 2.45) is 0 Å². The number of thiophene rings is 1. The topological polar surface area (TPSA) is 74.8 Å². The Bertz CT molecular complexity index is 791. The number of Topliss-reactive ketones (excluding diaryl/α,β-unsaturated/α-hetero) is 1. The van der Waals surface area contributed by atoms with Crippen LogP contribution in [0.1, 0.15) is 15.2 Å². The number of halogens is 1. The van der Waals surface area contributed by atoms with E-state index in [1.165, 1.54) is 18.0 Å². The molecule has 130 valence electrons. The van der Waals surface area contributed by atoms with Crippen LogP contribution in [0.4, 0.5) is 0 Å². The van der Waals surface area contributed by atoms with Gasteiger partial charge in [-0.1, -0.05) is 41.9 Å². The van der Waals surface area contributed by atoms with Crippen molar-refractivity contribution in [1.29, 1.82) is 0 Å². The summed E-state index contributed by atoms with van der Waals surface area (Å²) in [7, 11) is 1.46. The molecule has 0 fully saturated rings. The van der Waals surface area contributed by atoms with Crippen LogP contribution in [0.3, 0.4) is 0 Å². The fraction of sp³-hybridized carbons (Fsp3) is 0.176. The van der Waals surface area contributed by atoms with Gasteiger partial charge in [0, 0.05) is 13.6 Å². The number of likely N-dealkylation sites (N-methyl/N-ethyl adjacent to an activating group) is 1. The van der Waals surface area contributed by atoms with E-state index in [0.717, 1.165) is 16.9 Å². The van der Waals surface area contributed by atoms with Gasteiger partial charge < -0.3 is 4.90 Å². The molecule has 0 radical (unpaired) electrons. The van der Waals surface area contributed by atoms with Crippen LogP contribution >= 0.6 is 22.9 Å². The van der Waals surface area contributed by atoms with E-state index in [1.807, 2.05) is 30.3 Å². The first kappa shape index (κ1) is 18.8. The average molecular weight is 379 g/mol. The number of amides is 3. The molecule has 2 rings (SSSR count). The third kappa shape index (κ3) is 4.98. The molecule has 3 amide bonds. The molecule has 6 nitrogen and oxygen atoms in total. The van der Waals surface area contributed by atoms with E-state index in [2.05, 4.69) is 0 Å². The number of rotatable bonds is 6. The van der Waals surface area contributed by atoms with Crippen LogP contribution in [0, 0.1) is 0 Å². The van der Waals surface area contributed by atoms with E-state index in [9.17, 15) is 19.2 Å². The maximum Gasteiger partial charge on any atom is 0.318 e. The Morgan fingerprint density at radius 2 is 1.76 bits per heavy atom. The van der Waals surface area contributed by atoms with Crippen molar-refractivity contribution in [3.05, 3.63) is 57.2 Å². The number of hydrogen-bond acceptors (Lipinski definition) is 5. The van der Waals surface area contributed by atoms with Crippen molar-refractivity contribution >= 4 is 46.9 Å². The first-order valence-electron chi connectivity index (χ1n) is 7.26. The molecule has 2 aromatic rings. The Hall–Kier alpha value is -2.51. The SMILES string of the molecule is CN(Cc1ccccc1)C(=O)C(=O)N(C=O)CC(=O)c1ccc(Cl)s1. The lowest BCUT2D eigenvalue weighted by molar-refractivity contribution is -0.153. The summed E-state index contributed by atoms with van der Waals surface area (Å²) in [6.45, 7) is -0.295. The molecule has 0 aliphatic heterocycles. The Morgan fingerprint density at radius 1 is 1.08 bits per heavy atom. The van der Waals surface area contributed by atoms with Gasteiger partial charge in [0.15, 0.2) is 5.78 Å². The Morgan fingerprint density at radius 3 is 2.32 bits per heavy atom. The zero-order valence-electron chi connectivity index (χ0n) is 13.3. The second-order valence-electron chi connectivity index (χ2n) is 5.21. The minimum atomic E-state index is -1.05. The third-order valence-corrected chi connectivity index (χ3v) is 4.61. The Balaban J connectivity index is 2.01. The minimum Gasteiger partial charge on any atom is -0.333 e. The summed E-state index contributed by atoms with van der Waals surface area (Å²) in [5, 5.41) is 0. The van der Waals surface area contributed by atoms with Gasteiger partial charge in [0.1, 0.15) is 0 Å². The molecule has 0 saturated heterocycles. The standard InChI is InChI=1S/C17H15ClN2O4S/c1-19(9-12-5-3-2-4-6-12)16(23)17(24)20(11-21)10-13(22)14-7-8-15(18)25-14/h2-8,11H,9-10H2,1H3. The van der Waals surface area contributed by atoms with E-state index < -0.39 is 24.1 Å². The number of carbonyl (C=O) groups excluding carboxylic acids is 4. The molecule has 8 heteroatoms. The molecule has 1 aromatic heterocycles. The van der Waals surface area contributed by atoms with Gasteiger partial charge in [-0.15, -0.1) is 11.3 Å². The molecule has 0 aliphatic rings. The first-order chi connectivity index (χ1) is 11.9. The zero-order chi connectivity index (χ0) is 18.4. The van der Waals surface area contributed by atoms with Gasteiger partial charge in [-0.3, -0.25) is 24.1 Å². The number of nitrogens with zero attached hydrogens (tertiary/aromatic N) is 2. The lowest BCUT2D eigenvalue weighted by atomic mass is 10.2. The number of benzene rings is 1. The van der Waals surface area contributed by atoms with Crippen LogP contribution in [-0.2, 0) is 20.9 Å². The maximum absolute atomic E-state index is 12.2. The first-order valence-corrected chi connectivity index (χ1v) is 8.45. The van der Waals surface area contributed by atoms with Gasteiger partial charge in [-0.05, 0) is 17.7 Å².